The molecule has 4 rings (SSSR count). The van der Waals surface area contributed by atoms with E-state index in [4.69, 9.17) is 9.47 Å². The minimum atomic E-state index is -3.23. The molecule has 0 spiro atoms. The Bertz CT molecular complexity index is 1160. The summed E-state index contributed by atoms with van der Waals surface area (Å²) in [4.78, 5) is 12.6. The molecule has 4 aromatic rings. The second kappa shape index (κ2) is 10.1. The van der Waals surface area contributed by atoms with Crippen molar-refractivity contribution in [3.8, 4) is 5.75 Å². The van der Waals surface area contributed by atoms with E-state index in [0.29, 0.717) is 18.3 Å². The Morgan fingerprint density at radius 2 is 1.24 bits per heavy atom. The fraction of sp³-hybridized carbons (Fsp3) is 0.138. The van der Waals surface area contributed by atoms with Crippen LogP contribution in [0.2, 0.25) is 0 Å². The van der Waals surface area contributed by atoms with E-state index in [-0.39, 0.29) is 5.97 Å². The maximum atomic E-state index is 12.6. The zero-order valence-electron chi connectivity index (χ0n) is 19.4. The molecular formula is C29H28BrO3P. The number of rotatable bonds is 8. The molecule has 4 aromatic carbocycles. The van der Waals surface area contributed by atoms with Crippen molar-refractivity contribution in [1.29, 1.82) is 0 Å². The van der Waals surface area contributed by atoms with Gasteiger partial charge in [0.1, 0.15) is 0 Å². The summed E-state index contributed by atoms with van der Waals surface area (Å²) in [6.45, 7) is 2.14. The SMILES string of the molecule is CCOC(=O)c1ccc(OC)c(CP(Br)(c2ccccc2)(c2ccccc2)c2ccccc2)c1. The van der Waals surface area contributed by atoms with Crippen LogP contribution in [0.1, 0.15) is 22.8 Å². The predicted molar refractivity (Wildman–Crippen MR) is 147 cm³/mol. The Kier molecular flexibility index (Phi) is 7.21. The topological polar surface area (TPSA) is 35.5 Å². The molecule has 34 heavy (non-hydrogen) atoms. The van der Waals surface area contributed by atoms with Gasteiger partial charge in [0, 0.05) is 0 Å². The van der Waals surface area contributed by atoms with Gasteiger partial charge < -0.3 is 0 Å². The molecular weight excluding hydrogens is 507 g/mol. The zero-order chi connectivity index (χ0) is 24.0. The number of carbonyl (C=O) groups excluding carboxylic acids is 1. The van der Waals surface area contributed by atoms with Gasteiger partial charge in [-0.05, 0) is 0 Å². The molecule has 174 valence electrons. The molecule has 0 aliphatic carbocycles. The van der Waals surface area contributed by atoms with Crippen molar-refractivity contribution in [2.75, 3.05) is 13.7 Å². The number of hydrogen-bond acceptors (Lipinski definition) is 3. The average molecular weight is 535 g/mol. The van der Waals surface area contributed by atoms with Crippen LogP contribution >= 0.6 is 20.8 Å². The van der Waals surface area contributed by atoms with Crippen molar-refractivity contribution in [2.45, 2.75) is 13.1 Å². The molecule has 0 aromatic heterocycles. The summed E-state index contributed by atoms with van der Waals surface area (Å²) in [6.07, 6.45) is 0.625. The first-order valence-electron chi connectivity index (χ1n) is 11.2. The Morgan fingerprint density at radius 1 is 0.765 bits per heavy atom. The van der Waals surface area contributed by atoms with Gasteiger partial charge in [0.05, 0.1) is 0 Å². The number of methoxy groups -OCH3 is 1. The van der Waals surface area contributed by atoms with Crippen LogP contribution < -0.4 is 20.7 Å². The molecule has 0 aliphatic rings. The number of esters is 1. The summed E-state index contributed by atoms with van der Waals surface area (Å²) >= 11 is 4.47. The second-order valence-electron chi connectivity index (χ2n) is 8.09. The van der Waals surface area contributed by atoms with E-state index >= 15 is 0 Å². The van der Waals surface area contributed by atoms with Gasteiger partial charge in [-0.15, -0.1) is 0 Å². The summed E-state index contributed by atoms with van der Waals surface area (Å²) in [6, 6.07) is 37.3. The van der Waals surface area contributed by atoms with Crippen LogP contribution in [0.5, 0.6) is 5.75 Å². The number of hydrogen-bond donors (Lipinski definition) is 0. The average Bonchev–Trinajstić information content (AvgIpc) is 2.90. The van der Waals surface area contributed by atoms with Gasteiger partial charge in [-0.3, -0.25) is 0 Å². The minimum absolute atomic E-state index is 0.330. The van der Waals surface area contributed by atoms with E-state index in [9.17, 15) is 4.79 Å². The first-order valence-corrected chi connectivity index (χ1v) is 15.7. The molecule has 0 saturated heterocycles. The van der Waals surface area contributed by atoms with Crippen molar-refractivity contribution in [3.63, 3.8) is 0 Å². The Balaban J connectivity index is 2.05. The van der Waals surface area contributed by atoms with Crippen LogP contribution in [-0.2, 0) is 10.9 Å². The second-order valence-corrected chi connectivity index (χ2v) is 17.0. The third kappa shape index (κ3) is 4.29. The van der Waals surface area contributed by atoms with E-state index in [2.05, 4.69) is 88.3 Å². The van der Waals surface area contributed by atoms with E-state index in [1.165, 1.54) is 15.9 Å². The molecule has 3 nitrogen and oxygen atoms in total. The molecule has 0 N–H and O–H groups in total. The first-order chi connectivity index (χ1) is 16.5. The fourth-order valence-corrected chi connectivity index (χ4v) is 12.1. The van der Waals surface area contributed by atoms with Gasteiger partial charge in [0.25, 0.3) is 0 Å². The summed E-state index contributed by atoms with van der Waals surface area (Å²) in [5, 5.41) is 0.379. The standard InChI is InChI=1S/C29H28BrO3P/c1-3-33-29(31)23-19-20-28(32-2)24(21-23)22-34(30,25-13-7-4-8-14-25,26-15-9-5-10-16-26)27-17-11-6-12-18-27/h4-21H,3,22H2,1-2H3. The fourth-order valence-electron chi connectivity index (χ4n) is 4.50. The number of ether oxygens (including phenoxy) is 2. The van der Waals surface area contributed by atoms with Gasteiger partial charge in [-0.25, -0.2) is 0 Å². The molecule has 0 saturated carbocycles. The van der Waals surface area contributed by atoms with Crippen LogP contribution in [0.15, 0.2) is 109 Å². The number of carbonyl (C=O) groups is 1. The van der Waals surface area contributed by atoms with Crippen LogP contribution in [0.25, 0.3) is 0 Å². The molecule has 0 unspecified atom stereocenters. The van der Waals surface area contributed by atoms with Crippen LogP contribution in [0.4, 0.5) is 0 Å². The van der Waals surface area contributed by atoms with Gasteiger partial charge in [-0.2, -0.15) is 0 Å². The van der Waals surface area contributed by atoms with Crippen LogP contribution in [-0.4, -0.2) is 19.7 Å². The Hall–Kier alpha value is -2.94. The van der Waals surface area contributed by atoms with Crippen LogP contribution in [0, 0.1) is 0 Å². The van der Waals surface area contributed by atoms with E-state index in [1.807, 2.05) is 37.3 Å². The first kappa shape index (κ1) is 24.2. The van der Waals surface area contributed by atoms with Crippen molar-refractivity contribution < 1.29 is 14.3 Å². The normalized spacial score (nSPS) is 12.4. The van der Waals surface area contributed by atoms with E-state index in [1.54, 1.807) is 13.2 Å². The maximum absolute atomic E-state index is 12.6. The van der Waals surface area contributed by atoms with Gasteiger partial charge in [-0.1, -0.05) is 0 Å². The van der Waals surface area contributed by atoms with E-state index < -0.39 is 5.31 Å². The number of benzene rings is 4. The van der Waals surface area contributed by atoms with Crippen molar-refractivity contribution >= 4 is 42.7 Å². The third-order valence-electron chi connectivity index (χ3n) is 6.14. The van der Waals surface area contributed by atoms with E-state index in [0.717, 1.165) is 11.3 Å². The van der Waals surface area contributed by atoms with Crippen molar-refractivity contribution in [1.82, 2.24) is 0 Å². The summed E-state index contributed by atoms with van der Waals surface area (Å²) in [5.74, 6) is 0.407. The van der Waals surface area contributed by atoms with Gasteiger partial charge in [0.2, 0.25) is 0 Å². The summed E-state index contributed by atoms with van der Waals surface area (Å²) in [7, 11) is 1.67. The molecule has 0 fully saturated rings. The molecule has 0 amide bonds. The molecule has 0 atom stereocenters. The zero-order valence-corrected chi connectivity index (χ0v) is 21.8. The Morgan fingerprint density at radius 3 is 1.65 bits per heavy atom. The quantitative estimate of drug-likeness (QED) is 0.199. The molecule has 5 heteroatoms. The van der Waals surface area contributed by atoms with Gasteiger partial charge in [0.15, 0.2) is 0 Å². The molecule has 0 bridgehead atoms. The number of halogens is 1. The molecule has 0 radical (unpaired) electrons. The van der Waals surface area contributed by atoms with Crippen LogP contribution in [0.3, 0.4) is 0 Å². The predicted octanol–water partition coefficient (Wildman–Crippen LogP) is 6.21. The summed E-state index contributed by atoms with van der Waals surface area (Å²) < 4.78 is 11.1. The molecule has 0 heterocycles. The van der Waals surface area contributed by atoms with Gasteiger partial charge >= 0.3 is 210 Å². The van der Waals surface area contributed by atoms with Crippen molar-refractivity contribution in [2.24, 2.45) is 0 Å². The summed E-state index contributed by atoms with van der Waals surface area (Å²) in [5.41, 5.74) is 1.46. The Labute approximate surface area is 209 Å². The molecule has 0 aliphatic heterocycles. The monoisotopic (exact) mass is 534 g/mol. The van der Waals surface area contributed by atoms with Crippen molar-refractivity contribution in [3.05, 3.63) is 120 Å². The third-order valence-corrected chi connectivity index (χ3v) is 15.6.